The van der Waals surface area contributed by atoms with E-state index < -0.39 is 0 Å². The van der Waals surface area contributed by atoms with E-state index in [2.05, 4.69) is 22.5 Å². The molecule has 0 fully saturated rings. The van der Waals surface area contributed by atoms with Crippen LogP contribution in [0, 0.1) is 0 Å². The number of hydrogen-bond donors (Lipinski definition) is 1. The Morgan fingerprint density at radius 2 is 2.20 bits per heavy atom. The molecule has 0 aromatic carbocycles. The van der Waals surface area contributed by atoms with Crippen molar-refractivity contribution >= 4 is 15.9 Å². The fraction of sp³-hybridized carbons (Fsp3) is 0.714. The number of nitrogens with two attached hydrogens (primary N) is 1. The average Bonchev–Trinajstić information content (AvgIpc) is 1.59. The van der Waals surface area contributed by atoms with E-state index in [1.54, 1.807) is 0 Å². The minimum absolute atomic E-state index is 0.248. The van der Waals surface area contributed by atoms with Gasteiger partial charge in [0.2, 0.25) is 0 Å². The van der Waals surface area contributed by atoms with Gasteiger partial charge in [0.25, 0.3) is 0 Å². The summed E-state index contributed by atoms with van der Waals surface area (Å²) in [5.41, 5.74) is 5.40. The van der Waals surface area contributed by atoms with Crippen LogP contribution in [0.3, 0.4) is 0 Å². The van der Waals surface area contributed by atoms with E-state index >= 15 is 0 Å². The first-order valence-corrected chi connectivity index (χ1v) is 3.91. The SMILES string of the molecule is C=C(Br)COCC(C)(C)N. The molecule has 0 spiro atoms. The lowest BCUT2D eigenvalue weighted by molar-refractivity contribution is 0.119. The Labute approximate surface area is 70.6 Å². The smallest absolute Gasteiger partial charge is 0.0776 e. The zero-order valence-electron chi connectivity index (χ0n) is 6.48. The lowest BCUT2D eigenvalue weighted by Gasteiger charge is -2.17. The van der Waals surface area contributed by atoms with Gasteiger partial charge in [0, 0.05) is 10.0 Å². The van der Waals surface area contributed by atoms with Crippen LogP contribution in [0.5, 0.6) is 0 Å². The molecule has 0 atom stereocenters. The van der Waals surface area contributed by atoms with Crippen LogP contribution in [0.1, 0.15) is 13.8 Å². The van der Waals surface area contributed by atoms with E-state index in [-0.39, 0.29) is 5.54 Å². The molecule has 0 saturated heterocycles. The molecule has 2 N–H and O–H groups in total. The molecule has 0 unspecified atom stereocenters. The molecule has 0 aliphatic carbocycles. The van der Waals surface area contributed by atoms with Gasteiger partial charge in [-0.05, 0) is 13.8 Å². The highest BCUT2D eigenvalue weighted by Gasteiger charge is 2.09. The molecular weight excluding hydrogens is 194 g/mol. The van der Waals surface area contributed by atoms with E-state index in [1.807, 2.05) is 13.8 Å². The van der Waals surface area contributed by atoms with Crippen LogP contribution in [-0.2, 0) is 4.74 Å². The molecule has 0 aliphatic heterocycles. The molecule has 0 radical (unpaired) electrons. The summed E-state index contributed by atoms with van der Waals surface area (Å²) in [5.74, 6) is 0. The fourth-order valence-electron chi connectivity index (χ4n) is 0.425. The summed E-state index contributed by atoms with van der Waals surface area (Å²) in [4.78, 5) is 0. The van der Waals surface area contributed by atoms with Crippen LogP contribution in [0.25, 0.3) is 0 Å². The van der Waals surface area contributed by atoms with Crippen molar-refractivity contribution in [3.63, 3.8) is 0 Å². The molecule has 10 heavy (non-hydrogen) atoms. The van der Waals surface area contributed by atoms with E-state index in [4.69, 9.17) is 10.5 Å². The first kappa shape index (κ1) is 10.1. The monoisotopic (exact) mass is 207 g/mol. The lowest BCUT2D eigenvalue weighted by atomic mass is 10.1. The van der Waals surface area contributed by atoms with E-state index in [1.165, 1.54) is 0 Å². The molecule has 0 rings (SSSR count). The molecule has 2 nitrogen and oxygen atoms in total. The van der Waals surface area contributed by atoms with Gasteiger partial charge in [0.15, 0.2) is 0 Å². The van der Waals surface area contributed by atoms with Gasteiger partial charge in [-0.25, -0.2) is 0 Å². The van der Waals surface area contributed by atoms with Gasteiger partial charge in [-0.2, -0.15) is 0 Å². The van der Waals surface area contributed by atoms with Crippen LogP contribution in [0.2, 0.25) is 0 Å². The Hall–Kier alpha value is 0.140. The summed E-state index contributed by atoms with van der Waals surface area (Å²) in [6, 6.07) is 0. The number of ether oxygens (including phenoxy) is 1. The second-order valence-electron chi connectivity index (χ2n) is 3.00. The lowest BCUT2D eigenvalue weighted by Crippen LogP contribution is -2.37. The molecular formula is C7H14BrNO. The van der Waals surface area contributed by atoms with Gasteiger partial charge >= 0.3 is 0 Å². The zero-order chi connectivity index (χ0) is 8.20. The number of rotatable bonds is 4. The molecule has 3 heteroatoms. The Morgan fingerprint density at radius 3 is 2.50 bits per heavy atom. The Balaban J connectivity index is 3.29. The highest BCUT2D eigenvalue weighted by molar-refractivity contribution is 9.11. The maximum absolute atomic E-state index is 5.65. The van der Waals surface area contributed by atoms with Crippen LogP contribution in [0.4, 0.5) is 0 Å². The van der Waals surface area contributed by atoms with Crippen molar-refractivity contribution in [2.45, 2.75) is 19.4 Å². The van der Waals surface area contributed by atoms with Gasteiger partial charge in [0.05, 0.1) is 13.2 Å². The zero-order valence-corrected chi connectivity index (χ0v) is 8.07. The molecule has 0 amide bonds. The summed E-state index contributed by atoms with van der Waals surface area (Å²) in [7, 11) is 0. The molecule has 60 valence electrons. The molecule has 0 aromatic rings. The van der Waals surface area contributed by atoms with Crippen LogP contribution >= 0.6 is 15.9 Å². The summed E-state index contributed by atoms with van der Waals surface area (Å²) in [5, 5.41) is 0. The summed E-state index contributed by atoms with van der Waals surface area (Å²) in [6.45, 7) is 8.55. The highest BCUT2D eigenvalue weighted by Crippen LogP contribution is 2.03. The second kappa shape index (κ2) is 4.11. The van der Waals surface area contributed by atoms with Crippen molar-refractivity contribution in [2.75, 3.05) is 13.2 Å². The molecule has 0 bridgehead atoms. The Kier molecular flexibility index (Phi) is 4.17. The first-order valence-electron chi connectivity index (χ1n) is 3.12. The van der Waals surface area contributed by atoms with Gasteiger partial charge in [-0.3, -0.25) is 0 Å². The summed E-state index contributed by atoms with van der Waals surface area (Å²) >= 11 is 3.18. The van der Waals surface area contributed by atoms with Crippen LogP contribution in [0.15, 0.2) is 11.1 Å². The van der Waals surface area contributed by atoms with Crippen molar-refractivity contribution in [3.05, 3.63) is 11.1 Å². The van der Waals surface area contributed by atoms with Crippen molar-refractivity contribution in [3.8, 4) is 0 Å². The number of halogens is 1. The van der Waals surface area contributed by atoms with E-state index in [0.717, 1.165) is 4.48 Å². The standard InChI is InChI=1S/C7H14BrNO/c1-6(8)4-10-5-7(2,3)9/h1,4-5,9H2,2-3H3. The predicted molar refractivity (Wildman–Crippen MR) is 47.2 cm³/mol. The number of hydrogen-bond acceptors (Lipinski definition) is 2. The van der Waals surface area contributed by atoms with Gasteiger partial charge in [-0.1, -0.05) is 22.5 Å². The van der Waals surface area contributed by atoms with Crippen LogP contribution < -0.4 is 5.73 Å². The highest BCUT2D eigenvalue weighted by atomic mass is 79.9. The maximum atomic E-state index is 5.65. The minimum Gasteiger partial charge on any atom is -0.374 e. The van der Waals surface area contributed by atoms with Crippen LogP contribution in [-0.4, -0.2) is 18.8 Å². The van der Waals surface area contributed by atoms with Crippen molar-refractivity contribution in [2.24, 2.45) is 5.73 Å². The summed E-state index contributed by atoms with van der Waals surface area (Å²) in [6.07, 6.45) is 0. The first-order chi connectivity index (χ1) is 4.42. The normalized spacial score (nSPS) is 11.6. The summed E-state index contributed by atoms with van der Waals surface area (Å²) < 4.78 is 6.03. The van der Waals surface area contributed by atoms with Crippen molar-refractivity contribution < 1.29 is 4.74 Å². The second-order valence-corrected chi connectivity index (χ2v) is 4.12. The third kappa shape index (κ3) is 8.14. The third-order valence-corrected chi connectivity index (χ3v) is 0.962. The van der Waals surface area contributed by atoms with Gasteiger partial charge < -0.3 is 10.5 Å². The van der Waals surface area contributed by atoms with Gasteiger partial charge in [0.1, 0.15) is 0 Å². The fourth-order valence-corrected chi connectivity index (χ4v) is 0.587. The van der Waals surface area contributed by atoms with Crippen molar-refractivity contribution in [1.82, 2.24) is 0 Å². The van der Waals surface area contributed by atoms with E-state index in [0.29, 0.717) is 13.2 Å². The predicted octanol–water partition coefficient (Wildman–Crippen LogP) is 1.65. The average molecular weight is 208 g/mol. The van der Waals surface area contributed by atoms with Crippen molar-refractivity contribution in [1.29, 1.82) is 0 Å². The minimum atomic E-state index is -0.248. The molecule has 0 heterocycles. The Bertz CT molecular complexity index is 117. The van der Waals surface area contributed by atoms with Gasteiger partial charge in [-0.15, -0.1) is 0 Å². The molecule has 0 aliphatic rings. The van der Waals surface area contributed by atoms with E-state index in [9.17, 15) is 0 Å². The quantitative estimate of drug-likeness (QED) is 0.762. The topological polar surface area (TPSA) is 35.2 Å². The molecule has 0 aromatic heterocycles. The molecule has 0 saturated carbocycles. The maximum Gasteiger partial charge on any atom is 0.0776 e. The third-order valence-electron chi connectivity index (χ3n) is 0.733. The largest absolute Gasteiger partial charge is 0.374 e. The Morgan fingerprint density at radius 1 is 1.70 bits per heavy atom.